The summed E-state index contributed by atoms with van der Waals surface area (Å²) in [5, 5.41) is 2.99. The summed E-state index contributed by atoms with van der Waals surface area (Å²) in [6, 6.07) is 9.91. The first-order valence-electron chi connectivity index (χ1n) is 8.71. The van der Waals surface area contributed by atoms with Gasteiger partial charge in [0.05, 0.1) is 11.6 Å². The average molecular weight is 405 g/mol. The van der Waals surface area contributed by atoms with Gasteiger partial charge in [-0.2, -0.15) is 0 Å². The van der Waals surface area contributed by atoms with Crippen molar-refractivity contribution < 1.29 is 23.9 Å². The van der Waals surface area contributed by atoms with Gasteiger partial charge >= 0.3 is 5.97 Å². The van der Waals surface area contributed by atoms with Crippen molar-refractivity contribution in [2.24, 2.45) is 0 Å². The molecule has 1 amide bonds. The Morgan fingerprint density at radius 3 is 2.46 bits per heavy atom. The lowest BCUT2D eigenvalue weighted by atomic mass is 10.1. The molecule has 2 rings (SSSR count). The number of hydrogen-bond acceptors (Lipinski definition) is 6. The summed E-state index contributed by atoms with van der Waals surface area (Å²) in [6.45, 7) is 3.29. The van der Waals surface area contributed by atoms with Gasteiger partial charge in [0.2, 0.25) is 0 Å². The molecule has 0 bridgehead atoms. The molecule has 8 heteroatoms. The smallest absolute Gasteiger partial charge is 0.306 e. The molecule has 148 valence electrons. The van der Waals surface area contributed by atoms with Gasteiger partial charge in [-0.3, -0.25) is 14.4 Å². The summed E-state index contributed by atoms with van der Waals surface area (Å²) in [6.07, 6.45) is 0.995. The van der Waals surface area contributed by atoms with Gasteiger partial charge < -0.3 is 14.8 Å². The number of benzene rings is 1. The molecule has 1 N–H and O–H groups in total. The van der Waals surface area contributed by atoms with Gasteiger partial charge in [-0.05, 0) is 56.7 Å². The van der Waals surface area contributed by atoms with Crippen molar-refractivity contribution in [3.05, 3.63) is 53.2 Å². The number of ether oxygens (including phenoxy) is 2. The highest BCUT2D eigenvalue weighted by molar-refractivity contribution is 6.30. The third kappa shape index (κ3) is 7.00. The molecule has 0 unspecified atom stereocenters. The van der Waals surface area contributed by atoms with E-state index in [4.69, 9.17) is 21.1 Å². The van der Waals surface area contributed by atoms with Crippen molar-refractivity contribution in [1.82, 2.24) is 4.98 Å². The minimum atomic E-state index is -0.954. The van der Waals surface area contributed by atoms with Crippen LogP contribution < -0.4 is 10.1 Å². The molecule has 0 radical (unpaired) electrons. The summed E-state index contributed by atoms with van der Waals surface area (Å²) in [7, 11) is 0. The van der Waals surface area contributed by atoms with Gasteiger partial charge in [0.25, 0.3) is 5.91 Å². The molecule has 0 aliphatic rings. The number of nitrogens with one attached hydrogen (secondary N) is 1. The van der Waals surface area contributed by atoms with Gasteiger partial charge in [0, 0.05) is 18.2 Å². The van der Waals surface area contributed by atoms with Gasteiger partial charge in [-0.15, -0.1) is 0 Å². The summed E-state index contributed by atoms with van der Waals surface area (Å²) >= 11 is 5.73. The van der Waals surface area contributed by atoms with Crippen LogP contribution in [0.25, 0.3) is 0 Å². The molecule has 2 aromatic rings. The first-order chi connectivity index (χ1) is 13.3. The van der Waals surface area contributed by atoms with E-state index in [9.17, 15) is 14.4 Å². The molecule has 0 saturated heterocycles. The average Bonchev–Trinajstić information content (AvgIpc) is 2.67. The van der Waals surface area contributed by atoms with E-state index >= 15 is 0 Å². The highest BCUT2D eigenvalue weighted by atomic mass is 35.5. The summed E-state index contributed by atoms with van der Waals surface area (Å²) < 4.78 is 10.6. The quantitative estimate of drug-likeness (QED) is 0.389. The van der Waals surface area contributed by atoms with Crippen LogP contribution in [0, 0.1) is 0 Å². The van der Waals surface area contributed by atoms with E-state index in [-0.39, 0.29) is 12.2 Å². The largest absolute Gasteiger partial charge is 0.494 e. The number of carbonyl (C=O) groups is 3. The van der Waals surface area contributed by atoms with E-state index in [0.29, 0.717) is 35.2 Å². The Hall–Kier alpha value is -2.93. The van der Waals surface area contributed by atoms with E-state index in [1.165, 1.54) is 20.0 Å². The molecule has 0 fully saturated rings. The van der Waals surface area contributed by atoms with Crippen molar-refractivity contribution in [2.75, 3.05) is 11.9 Å². The Morgan fingerprint density at radius 2 is 1.86 bits per heavy atom. The normalized spacial score (nSPS) is 11.4. The minimum absolute atomic E-state index is 0.0145. The van der Waals surface area contributed by atoms with Crippen LogP contribution in [0.3, 0.4) is 0 Å². The van der Waals surface area contributed by atoms with Crippen molar-refractivity contribution in [1.29, 1.82) is 0 Å². The van der Waals surface area contributed by atoms with Gasteiger partial charge in [-0.25, -0.2) is 4.98 Å². The predicted molar refractivity (Wildman–Crippen MR) is 105 cm³/mol. The maximum absolute atomic E-state index is 12.0. The number of amides is 1. The van der Waals surface area contributed by atoms with Crippen LogP contribution in [-0.4, -0.2) is 35.4 Å². The maximum atomic E-state index is 12.0. The molecule has 0 spiro atoms. The molecule has 7 nitrogen and oxygen atoms in total. The second-order valence-electron chi connectivity index (χ2n) is 6.02. The highest BCUT2D eigenvalue weighted by Gasteiger charge is 2.18. The number of esters is 1. The lowest BCUT2D eigenvalue weighted by Crippen LogP contribution is -2.30. The molecule has 0 aliphatic carbocycles. The van der Waals surface area contributed by atoms with Crippen LogP contribution >= 0.6 is 11.6 Å². The molecule has 1 aromatic heterocycles. The number of rotatable bonds is 9. The van der Waals surface area contributed by atoms with Crippen molar-refractivity contribution >= 4 is 35.1 Å². The Kier molecular flexibility index (Phi) is 7.95. The maximum Gasteiger partial charge on any atom is 0.306 e. The second kappa shape index (κ2) is 10.4. The van der Waals surface area contributed by atoms with Crippen LogP contribution in [-0.2, 0) is 14.3 Å². The number of nitrogens with zero attached hydrogens (tertiary/aromatic N) is 1. The summed E-state index contributed by atoms with van der Waals surface area (Å²) in [4.78, 5) is 39.0. The third-order valence-electron chi connectivity index (χ3n) is 3.71. The Bertz CT molecular complexity index is 821. The molecular weight excluding hydrogens is 384 g/mol. The first kappa shape index (κ1) is 21.4. The minimum Gasteiger partial charge on any atom is -0.494 e. The number of aromatic nitrogens is 1. The zero-order valence-electron chi connectivity index (χ0n) is 15.6. The number of halogens is 1. The van der Waals surface area contributed by atoms with E-state index in [1.807, 2.05) is 0 Å². The van der Waals surface area contributed by atoms with E-state index in [0.717, 1.165) is 0 Å². The monoisotopic (exact) mass is 404 g/mol. The Morgan fingerprint density at radius 1 is 1.14 bits per heavy atom. The fraction of sp³-hybridized carbons (Fsp3) is 0.300. The van der Waals surface area contributed by atoms with Crippen LogP contribution in [0.1, 0.15) is 37.0 Å². The van der Waals surface area contributed by atoms with Crippen molar-refractivity contribution in [2.45, 2.75) is 32.8 Å². The molecule has 1 heterocycles. The van der Waals surface area contributed by atoms with Gasteiger partial charge in [-0.1, -0.05) is 11.6 Å². The number of carbonyl (C=O) groups excluding carboxylic acids is 3. The topological polar surface area (TPSA) is 94.6 Å². The van der Waals surface area contributed by atoms with Crippen LogP contribution in [0.2, 0.25) is 5.02 Å². The van der Waals surface area contributed by atoms with Gasteiger partial charge in [0.1, 0.15) is 11.6 Å². The SMILES string of the molecule is CC(=O)c1ccc(OCCCC(=O)O[C@H](C)C(=O)Nc2ccc(Cl)cn2)cc1. The van der Waals surface area contributed by atoms with E-state index in [2.05, 4.69) is 10.3 Å². The van der Waals surface area contributed by atoms with E-state index in [1.54, 1.807) is 36.4 Å². The standard InChI is InChI=1S/C20H21ClN2O5/c1-13(24)15-5-8-17(9-6-15)27-11-3-4-19(25)28-14(2)20(26)23-18-10-7-16(21)12-22-18/h5-10,12,14H,3-4,11H2,1-2H3,(H,22,23,26)/t14-/m1/s1. The zero-order chi connectivity index (χ0) is 20.5. The molecule has 1 aromatic carbocycles. The Labute approximate surface area is 168 Å². The van der Waals surface area contributed by atoms with Gasteiger partial charge in [0.15, 0.2) is 11.9 Å². The number of Topliss-reactive ketones (excluding diaryl/α,β-unsaturated/α-hetero) is 1. The molecule has 0 saturated carbocycles. The lowest BCUT2D eigenvalue weighted by Gasteiger charge is -2.13. The number of pyridine rings is 1. The molecule has 28 heavy (non-hydrogen) atoms. The van der Waals surface area contributed by atoms with Crippen LogP contribution in [0.15, 0.2) is 42.6 Å². The molecule has 1 atom stereocenters. The first-order valence-corrected chi connectivity index (χ1v) is 9.08. The van der Waals surface area contributed by atoms with Crippen molar-refractivity contribution in [3.8, 4) is 5.75 Å². The third-order valence-corrected chi connectivity index (χ3v) is 3.93. The summed E-state index contributed by atoms with van der Waals surface area (Å²) in [5.74, 6) is -0.0606. The number of ketones is 1. The lowest BCUT2D eigenvalue weighted by molar-refractivity contribution is -0.153. The second-order valence-corrected chi connectivity index (χ2v) is 6.45. The summed E-state index contributed by atoms with van der Waals surface area (Å²) in [5.41, 5.74) is 0.608. The predicted octanol–water partition coefficient (Wildman–Crippen LogP) is 3.67. The molecule has 0 aliphatic heterocycles. The fourth-order valence-corrected chi connectivity index (χ4v) is 2.29. The number of hydrogen-bond donors (Lipinski definition) is 1. The van der Waals surface area contributed by atoms with Crippen molar-refractivity contribution in [3.63, 3.8) is 0 Å². The molecular formula is C20H21ClN2O5. The Balaban J connectivity index is 1.67. The zero-order valence-corrected chi connectivity index (χ0v) is 16.4. The van der Waals surface area contributed by atoms with E-state index < -0.39 is 18.0 Å². The van der Waals surface area contributed by atoms with Crippen LogP contribution in [0.5, 0.6) is 5.75 Å². The fourth-order valence-electron chi connectivity index (χ4n) is 2.18. The number of anilines is 1. The highest BCUT2D eigenvalue weighted by Crippen LogP contribution is 2.13. The van der Waals surface area contributed by atoms with Crippen LogP contribution in [0.4, 0.5) is 5.82 Å².